The van der Waals surface area contributed by atoms with Gasteiger partial charge in [0.05, 0.1) is 18.2 Å². The number of rotatable bonds is 7. The molecule has 5 nitrogen and oxygen atoms in total. The summed E-state index contributed by atoms with van der Waals surface area (Å²) in [5.41, 5.74) is 0. The third-order valence-electron chi connectivity index (χ3n) is 2.53. The van der Waals surface area contributed by atoms with E-state index in [0.717, 1.165) is 4.47 Å². The highest BCUT2D eigenvalue weighted by atomic mass is 79.9. The van der Waals surface area contributed by atoms with E-state index in [4.69, 9.17) is 21.4 Å². The maximum atomic E-state index is 11.5. The van der Waals surface area contributed by atoms with Crippen molar-refractivity contribution in [2.45, 2.75) is 6.42 Å². The normalized spacial score (nSPS) is 10.2. The predicted octanol–water partition coefficient (Wildman–Crippen LogP) is 2.51. The lowest BCUT2D eigenvalue weighted by molar-refractivity contribution is 0.189. The summed E-state index contributed by atoms with van der Waals surface area (Å²) in [4.78, 5) is 12.9. The van der Waals surface area contributed by atoms with Gasteiger partial charge in [-0.3, -0.25) is 0 Å². The van der Waals surface area contributed by atoms with E-state index in [1.807, 2.05) is 6.07 Å². The number of aliphatic hydroxyl groups excluding tert-OH is 1. The predicted molar refractivity (Wildman–Crippen MR) is 82.4 cm³/mol. The van der Waals surface area contributed by atoms with Crippen LogP contribution in [0.25, 0.3) is 0 Å². The smallest absolute Gasteiger partial charge is 0.317 e. The molecule has 0 fully saturated rings. The summed E-state index contributed by atoms with van der Waals surface area (Å²) in [6, 6.07) is 5.20. The van der Waals surface area contributed by atoms with Crippen LogP contribution in [0.4, 0.5) is 4.79 Å². The average Bonchev–Trinajstić information content (AvgIpc) is 2.40. The maximum absolute atomic E-state index is 11.5. The van der Waals surface area contributed by atoms with Gasteiger partial charge in [-0.05, 0) is 24.6 Å². The molecule has 20 heavy (non-hydrogen) atoms. The van der Waals surface area contributed by atoms with E-state index in [9.17, 15) is 4.79 Å². The van der Waals surface area contributed by atoms with E-state index in [2.05, 4.69) is 21.2 Å². The van der Waals surface area contributed by atoms with E-state index < -0.39 is 0 Å². The monoisotopic (exact) mass is 364 g/mol. The Labute approximate surface area is 132 Å². The van der Waals surface area contributed by atoms with Gasteiger partial charge in [-0.15, -0.1) is 0 Å². The molecular weight excluding hydrogens is 348 g/mol. The molecule has 0 aliphatic carbocycles. The molecule has 0 heterocycles. The Morgan fingerprint density at radius 3 is 2.95 bits per heavy atom. The number of ether oxygens (including phenoxy) is 1. The van der Waals surface area contributed by atoms with Crippen LogP contribution in [0.2, 0.25) is 5.02 Å². The second-order valence-electron chi connectivity index (χ2n) is 4.15. The highest BCUT2D eigenvalue weighted by Crippen LogP contribution is 2.27. The summed E-state index contributed by atoms with van der Waals surface area (Å²) in [5, 5.41) is 12.0. The van der Waals surface area contributed by atoms with Gasteiger partial charge in [-0.1, -0.05) is 27.5 Å². The Hall–Kier alpha value is -0.980. The molecule has 0 aromatic heterocycles. The molecule has 0 aliphatic heterocycles. The summed E-state index contributed by atoms with van der Waals surface area (Å²) in [5.74, 6) is 0.624. The maximum Gasteiger partial charge on any atom is 0.317 e. The number of nitrogens with zero attached hydrogens (tertiary/aromatic N) is 1. The molecule has 0 saturated heterocycles. The average molecular weight is 366 g/mol. The third kappa shape index (κ3) is 5.98. The SMILES string of the molecule is CN(CCO)C(=O)NCCCOc1ccc(Br)cc1Cl. The standard InChI is InChI=1S/C13H18BrClN2O3/c1-17(6-7-18)13(19)16-5-2-8-20-12-4-3-10(14)9-11(12)15/h3-4,9,18H,2,5-8H2,1H3,(H,16,19). The summed E-state index contributed by atoms with van der Waals surface area (Å²) in [6.07, 6.45) is 0.672. The molecule has 0 spiro atoms. The van der Waals surface area contributed by atoms with Crippen LogP contribution >= 0.6 is 27.5 Å². The van der Waals surface area contributed by atoms with Crippen molar-refractivity contribution in [2.24, 2.45) is 0 Å². The molecule has 0 unspecified atom stereocenters. The number of carbonyl (C=O) groups is 1. The highest BCUT2D eigenvalue weighted by molar-refractivity contribution is 9.10. The third-order valence-corrected chi connectivity index (χ3v) is 3.32. The molecule has 2 amide bonds. The Kier molecular flexibility index (Phi) is 7.72. The Balaban J connectivity index is 2.20. The molecule has 7 heteroatoms. The van der Waals surface area contributed by atoms with Gasteiger partial charge in [0.2, 0.25) is 0 Å². The second kappa shape index (κ2) is 9.05. The summed E-state index contributed by atoms with van der Waals surface area (Å²) >= 11 is 9.34. The van der Waals surface area contributed by atoms with Crippen molar-refractivity contribution in [2.75, 3.05) is 33.4 Å². The Morgan fingerprint density at radius 2 is 2.30 bits per heavy atom. The van der Waals surface area contributed by atoms with Crippen LogP contribution < -0.4 is 10.1 Å². The molecular formula is C13H18BrClN2O3. The quantitative estimate of drug-likeness (QED) is 0.730. The molecule has 0 aliphatic rings. The van der Waals surface area contributed by atoms with Gasteiger partial charge in [0, 0.05) is 24.6 Å². The van der Waals surface area contributed by atoms with E-state index >= 15 is 0 Å². The minimum Gasteiger partial charge on any atom is -0.492 e. The number of benzene rings is 1. The van der Waals surface area contributed by atoms with Crippen molar-refractivity contribution in [3.05, 3.63) is 27.7 Å². The molecule has 112 valence electrons. The van der Waals surface area contributed by atoms with Crippen molar-refractivity contribution >= 4 is 33.6 Å². The number of aliphatic hydroxyl groups is 1. The number of amides is 2. The van der Waals surface area contributed by atoms with Gasteiger partial charge in [-0.2, -0.15) is 0 Å². The van der Waals surface area contributed by atoms with Crippen molar-refractivity contribution < 1.29 is 14.6 Å². The van der Waals surface area contributed by atoms with Crippen LogP contribution in [-0.4, -0.2) is 49.4 Å². The number of hydrogen-bond donors (Lipinski definition) is 2. The van der Waals surface area contributed by atoms with Crippen LogP contribution in [0.5, 0.6) is 5.75 Å². The molecule has 1 rings (SSSR count). The zero-order valence-electron chi connectivity index (χ0n) is 11.2. The Morgan fingerprint density at radius 1 is 1.55 bits per heavy atom. The highest BCUT2D eigenvalue weighted by Gasteiger charge is 2.06. The first-order chi connectivity index (χ1) is 9.54. The number of urea groups is 1. The molecule has 0 radical (unpaired) electrons. The molecule has 2 N–H and O–H groups in total. The van der Waals surface area contributed by atoms with Crippen LogP contribution in [0.3, 0.4) is 0 Å². The van der Waals surface area contributed by atoms with Crippen LogP contribution in [0.1, 0.15) is 6.42 Å². The van der Waals surface area contributed by atoms with Crippen molar-refractivity contribution in [1.29, 1.82) is 0 Å². The lowest BCUT2D eigenvalue weighted by Crippen LogP contribution is -2.39. The molecule has 0 bridgehead atoms. The van der Waals surface area contributed by atoms with E-state index in [1.165, 1.54) is 4.90 Å². The van der Waals surface area contributed by atoms with E-state index in [1.54, 1.807) is 19.2 Å². The second-order valence-corrected chi connectivity index (χ2v) is 5.48. The van der Waals surface area contributed by atoms with Gasteiger partial charge in [0.15, 0.2) is 0 Å². The first-order valence-corrected chi connectivity index (χ1v) is 7.39. The molecule has 1 aromatic rings. The lowest BCUT2D eigenvalue weighted by atomic mass is 10.3. The molecule has 0 saturated carbocycles. The number of carbonyl (C=O) groups excluding carboxylic acids is 1. The minimum absolute atomic E-state index is 0.0465. The fourth-order valence-corrected chi connectivity index (χ4v) is 2.16. The van der Waals surface area contributed by atoms with Crippen molar-refractivity contribution in [1.82, 2.24) is 10.2 Å². The van der Waals surface area contributed by atoms with Crippen molar-refractivity contribution in [3.63, 3.8) is 0 Å². The fraction of sp³-hybridized carbons (Fsp3) is 0.462. The fourth-order valence-electron chi connectivity index (χ4n) is 1.43. The van der Waals surface area contributed by atoms with Crippen LogP contribution in [-0.2, 0) is 0 Å². The van der Waals surface area contributed by atoms with Gasteiger partial charge >= 0.3 is 6.03 Å². The van der Waals surface area contributed by atoms with E-state index in [0.29, 0.717) is 36.9 Å². The van der Waals surface area contributed by atoms with Crippen LogP contribution in [0, 0.1) is 0 Å². The zero-order valence-corrected chi connectivity index (χ0v) is 13.6. The number of likely N-dealkylation sites (N-methyl/N-ethyl adjacent to an activating group) is 1. The Bertz CT molecular complexity index is 446. The first-order valence-electron chi connectivity index (χ1n) is 6.22. The molecule has 1 aromatic carbocycles. The first kappa shape index (κ1) is 17.1. The minimum atomic E-state index is -0.208. The topological polar surface area (TPSA) is 61.8 Å². The largest absolute Gasteiger partial charge is 0.492 e. The van der Waals surface area contributed by atoms with Gasteiger partial charge in [-0.25, -0.2) is 4.79 Å². The van der Waals surface area contributed by atoms with Gasteiger partial charge in [0.1, 0.15) is 5.75 Å². The summed E-state index contributed by atoms with van der Waals surface area (Å²) in [6.45, 7) is 1.24. The van der Waals surface area contributed by atoms with Gasteiger partial charge < -0.3 is 20.1 Å². The van der Waals surface area contributed by atoms with Gasteiger partial charge in [0.25, 0.3) is 0 Å². The van der Waals surface area contributed by atoms with Crippen LogP contribution in [0.15, 0.2) is 22.7 Å². The van der Waals surface area contributed by atoms with E-state index in [-0.39, 0.29) is 12.6 Å². The van der Waals surface area contributed by atoms with Crippen molar-refractivity contribution in [3.8, 4) is 5.75 Å². The molecule has 0 atom stereocenters. The zero-order chi connectivity index (χ0) is 15.0. The summed E-state index contributed by atoms with van der Waals surface area (Å²) < 4.78 is 6.42. The number of nitrogens with one attached hydrogen (secondary N) is 1. The number of hydrogen-bond acceptors (Lipinski definition) is 3. The number of halogens is 2. The summed E-state index contributed by atoms with van der Waals surface area (Å²) in [7, 11) is 1.63. The lowest BCUT2D eigenvalue weighted by Gasteiger charge is -2.16.